The van der Waals surface area contributed by atoms with Crippen molar-refractivity contribution in [2.45, 2.75) is 50.1 Å². The van der Waals surface area contributed by atoms with E-state index in [1.165, 1.54) is 25.5 Å². The SMILES string of the molecule is CC1CCCCC1NCc1c(Cl)cccc1S(C)(=O)=O. The second-order valence-electron chi connectivity index (χ2n) is 5.74. The van der Waals surface area contributed by atoms with Crippen LogP contribution in [-0.2, 0) is 16.4 Å². The van der Waals surface area contributed by atoms with Gasteiger partial charge in [-0.15, -0.1) is 0 Å². The summed E-state index contributed by atoms with van der Waals surface area (Å²) in [5.74, 6) is 0.632. The first-order chi connectivity index (χ1) is 9.39. The molecule has 1 saturated carbocycles. The molecule has 0 aromatic heterocycles. The molecule has 2 atom stereocenters. The highest BCUT2D eigenvalue weighted by molar-refractivity contribution is 7.90. The Hall–Kier alpha value is -0.580. The molecule has 5 heteroatoms. The maximum absolute atomic E-state index is 11.8. The average Bonchev–Trinajstić information content (AvgIpc) is 2.37. The van der Waals surface area contributed by atoms with E-state index in [1.54, 1.807) is 18.2 Å². The van der Waals surface area contributed by atoms with Crippen molar-refractivity contribution in [3.63, 3.8) is 0 Å². The van der Waals surface area contributed by atoms with Gasteiger partial charge in [-0.05, 0) is 30.9 Å². The zero-order valence-corrected chi connectivity index (χ0v) is 13.6. The molecule has 1 N–H and O–H groups in total. The summed E-state index contributed by atoms with van der Waals surface area (Å²) in [5, 5.41) is 4.01. The lowest BCUT2D eigenvalue weighted by molar-refractivity contribution is 0.279. The lowest BCUT2D eigenvalue weighted by Gasteiger charge is -2.30. The molecule has 0 bridgehead atoms. The molecule has 2 rings (SSSR count). The number of sulfone groups is 1. The zero-order chi connectivity index (χ0) is 14.8. The molecule has 0 amide bonds. The van der Waals surface area contributed by atoms with Crippen LogP contribution < -0.4 is 5.32 Å². The van der Waals surface area contributed by atoms with E-state index < -0.39 is 9.84 Å². The van der Waals surface area contributed by atoms with Gasteiger partial charge in [0.05, 0.1) is 4.90 Å². The van der Waals surface area contributed by atoms with Crippen LogP contribution in [0, 0.1) is 5.92 Å². The van der Waals surface area contributed by atoms with Gasteiger partial charge in [0.2, 0.25) is 0 Å². The number of nitrogens with one attached hydrogen (secondary N) is 1. The Bertz CT molecular complexity index is 571. The molecule has 112 valence electrons. The third kappa shape index (κ3) is 3.74. The van der Waals surface area contributed by atoms with Crippen LogP contribution in [0.15, 0.2) is 23.1 Å². The van der Waals surface area contributed by atoms with Crippen molar-refractivity contribution in [1.82, 2.24) is 5.32 Å². The summed E-state index contributed by atoms with van der Waals surface area (Å²) in [6.45, 7) is 2.76. The van der Waals surface area contributed by atoms with Crippen LogP contribution in [0.25, 0.3) is 0 Å². The van der Waals surface area contributed by atoms with Crippen LogP contribution in [0.3, 0.4) is 0 Å². The second-order valence-corrected chi connectivity index (χ2v) is 8.13. The Kier molecular flexibility index (Phi) is 5.10. The fourth-order valence-electron chi connectivity index (χ4n) is 2.91. The summed E-state index contributed by atoms with van der Waals surface area (Å²) >= 11 is 6.19. The molecule has 2 unspecified atom stereocenters. The number of halogens is 1. The highest BCUT2D eigenvalue weighted by Crippen LogP contribution is 2.27. The van der Waals surface area contributed by atoms with Gasteiger partial charge in [-0.1, -0.05) is 37.4 Å². The highest BCUT2D eigenvalue weighted by Gasteiger charge is 2.22. The molecule has 0 saturated heterocycles. The third-order valence-corrected chi connectivity index (χ3v) is 5.66. The first-order valence-electron chi connectivity index (χ1n) is 7.10. The fourth-order valence-corrected chi connectivity index (χ4v) is 4.16. The topological polar surface area (TPSA) is 46.2 Å². The van der Waals surface area contributed by atoms with Gasteiger partial charge in [-0.25, -0.2) is 8.42 Å². The Labute approximate surface area is 126 Å². The minimum Gasteiger partial charge on any atom is -0.310 e. The molecular weight excluding hydrogens is 294 g/mol. The van der Waals surface area contributed by atoms with Crippen LogP contribution in [0.4, 0.5) is 0 Å². The minimum absolute atomic E-state index is 0.334. The monoisotopic (exact) mass is 315 g/mol. The van der Waals surface area contributed by atoms with E-state index in [0.717, 1.165) is 6.42 Å². The maximum Gasteiger partial charge on any atom is 0.175 e. The maximum atomic E-state index is 11.8. The molecule has 0 aliphatic heterocycles. The summed E-state index contributed by atoms with van der Waals surface area (Å²) < 4.78 is 23.7. The number of rotatable bonds is 4. The first kappa shape index (κ1) is 15.8. The van der Waals surface area contributed by atoms with E-state index in [1.807, 2.05) is 0 Å². The quantitative estimate of drug-likeness (QED) is 0.926. The van der Waals surface area contributed by atoms with E-state index in [2.05, 4.69) is 12.2 Å². The normalized spacial score (nSPS) is 23.8. The Morgan fingerprint density at radius 3 is 2.65 bits per heavy atom. The van der Waals surface area contributed by atoms with Crippen molar-refractivity contribution < 1.29 is 8.42 Å². The Balaban J connectivity index is 2.17. The van der Waals surface area contributed by atoms with Crippen molar-refractivity contribution in [2.24, 2.45) is 5.92 Å². The van der Waals surface area contributed by atoms with Gasteiger partial charge in [-0.2, -0.15) is 0 Å². The van der Waals surface area contributed by atoms with E-state index in [4.69, 9.17) is 11.6 Å². The number of hydrogen-bond acceptors (Lipinski definition) is 3. The minimum atomic E-state index is -3.25. The van der Waals surface area contributed by atoms with Crippen molar-refractivity contribution in [1.29, 1.82) is 0 Å². The molecule has 3 nitrogen and oxygen atoms in total. The van der Waals surface area contributed by atoms with E-state index in [-0.39, 0.29) is 0 Å². The summed E-state index contributed by atoms with van der Waals surface area (Å²) in [7, 11) is -3.25. The standard InChI is InChI=1S/C15H22ClNO2S/c1-11-6-3-4-8-14(11)17-10-12-13(16)7-5-9-15(12)20(2,18)19/h5,7,9,11,14,17H,3-4,6,8,10H2,1-2H3. The van der Waals surface area contributed by atoms with E-state index in [0.29, 0.717) is 34.0 Å². The summed E-state index contributed by atoms with van der Waals surface area (Å²) in [6.07, 6.45) is 6.15. The molecule has 0 spiro atoms. The van der Waals surface area contributed by atoms with Gasteiger partial charge >= 0.3 is 0 Å². The van der Waals surface area contributed by atoms with Gasteiger partial charge in [-0.3, -0.25) is 0 Å². The van der Waals surface area contributed by atoms with Crippen molar-refractivity contribution in [3.8, 4) is 0 Å². The summed E-state index contributed by atoms with van der Waals surface area (Å²) in [6, 6.07) is 5.51. The van der Waals surface area contributed by atoms with E-state index in [9.17, 15) is 8.42 Å². The molecule has 20 heavy (non-hydrogen) atoms. The number of hydrogen-bond donors (Lipinski definition) is 1. The molecule has 0 radical (unpaired) electrons. The zero-order valence-electron chi connectivity index (χ0n) is 12.0. The smallest absolute Gasteiger partial charge is 0.175 e. The molecule has 1 aromatic rings. The predicted molar refractivity (Wildman–Crippen MR) is 82.8 cm³/mol. The van der Waals surface area contributed by atoms with Crippen LogP contribution >= 0.6 is 11.6 Å². The predicted octanol–water partition coefficient (Wildman–Crippen LogP) is 3.41. The lowest BCUT2D eigenvalue weighted by Crippen LogP contribution is -2.37. The number of benzene rings is 1. The Morgan fingerprint density at radius 1 is 1.30 bits per heavy atom. The average molecular weight is 316 g/mol. The van der Waals surface area contributed by atoms with Crippen molar-refractivity contribution in [3.05, 3.63) is 28.8 Å². The van der Waals surface area contributed by atoms with Crippen LogP contribution in [0.1, 0.15) is 38.2 Å². The van der Waals surface area contributed by atoms with Gasteiger partial charge in [0.25, 0.3) is 0 Å². The Morgan fingerprint density at radius 2 is 2.00 bits per heavy atom. The molecule has 1 fully saturated rings. The molecule has 1 aromatic carbocycles. The third-order valence-electron chi connectivity index (χ3n) is 4.13. The van der Waals surface area contributed by atoms with Crippen molar-refractivity contribution >= 4 is 21.4 Å². The molecule has 1 aliphatic carbocycles. The molecular formula is C15H22ClNO2S. The van der Waals surface area contributed by atoms with Crippen molar-refractivity contribution in [2.75, 3.05) is 6.26 Å². The highest BCUT2D eigenvalue weighted by atomic mass is 35.5. The first-order valence-corrected chi connectivity index (χ1v) is 9.37. The van der Waals surface area contributed by atoms with Crippen LogP contribution in [-0.4, -0.2) is 20.7 Å². The molecule has 1 aliphatic rings. The van der Waals surface area contributed by atoms with Crippen LogP contribution in [0.5, 0.6) is 0 Å². The van der Waals surface area contributed by atoms with Crippen LogP contribution in [0.2, 0.25) is 5.02 Å². The summed E-state index contributed by atoms with van der Waals surface area (Å²) in [4.78, 5) is 0.334. The fraction of sp³-hybridized carbons (Fsp3) is 0.600. The van der Waals surface area contributed by atoms with E-state index >= 15 is 0 Å². The molecule has 0 heterocycles. The largest absolute Gasteiger partial charge is 0.310 e. The van der Waals surface area contributed by atoms with Gasteiger partial charge in [0.1, 0.15) is 0 Å². The van der Waals surface area contributed by atoms with Gasteiger partial charge < -0.3 is 5.32 Å². The second kappa shape index (κ2) is 6.46. The lowest BCUT2D eigenvalue weighted by atomic mass is 9.86. The summed E-state index contributed by atoms with van der Waals surface area (Å²) in [5.41, 5.74) is 0.689. The van der Waals surface area contributed by atoms with Gasteiger partial charge in [0.15, 0.2) is 9.84 Å². The van der Waals surface area contributed by atoms with Gasteiger partial charge in [0, 0.05) is 29.4 Å².